The molecule has 5 nitrogen and oxygen atoms in total. The molecule has 3 N–H and O–H groups in total. The molecule has 0 aliphatic heterocycles. The third-order valence-electron chi connectivity index (χ3n) is 2.19. The topological polar surface area (TPSA) is 80.6 Å². The van der Waals surface area contributed by atoms with Crippen LogP contribution in [0.5, 0.6) is 0 Å². The van der Waals surface area contributed by atoms with Gasteiger partial charge < -0.3 is 15.2 Å². The van der Waals surface area contributed by atoms with Gasteiger partial charge in [-0.25, -0.2) is 4.98 Å². The van der Waals surface area contributed by atoms with E-state index in [4.69, 9.17) is 10.8 Å². The van der Waals surface area contributed by atoms with Gasteiger partial charge in [-0.2, -0.15) is 0 Å². The second kappa shape index (κ2) is 3.70. The second-order valence-electron chi connectivity index (χ2n) is 3.32. The van der Waals surface area contributed by atoms with Gasteiger partial charge in [0.2, 0.25) is 0 Å². The van der Waals surface area contributed by atoms with Crippen LogP contribution in [0.3, 0.4) is 0 Å². The average molecular weight is 205 g/mol. The summed E-state index contributed by atoms with van der Waals surface area (Å²) in [4.78, 5) is 14.6. The van der Waals surface area contributed by atoms with Crippen molar-refractivity contribution in [2.75, 3.05) is 0 Å². The van der Waals surface area contributed by atoms with Gasteiger partial charge in [-0.05, 0) is 12.1 Å². The Morgan fingerprint density at radius 2 is 2.40 bits per heavy atom. The first kappa shape index (κ1) is 9.67. The molecule has 0 saturated heterocycles. The zero-order valence-electron chi connectivity index (χ0n) is 8.00. The largest absolute Gasteiger partial charge is 0.481 e. The summed E-state index contributed by atoms with van der Waals surface area (Å²) in [5, 5.41) is 8.64. The van der Waals surface area contributed by atoms with Gasteiger partial charge in [0.05, 0.1) is 24.2 Å². The first-order valence-corrected chi connectivity index (χ1v) is 4.58. The highest BCUT2D eigenvalue weighted by Gasteiger charge is 2.15. The van der Waals surface area contributed by atoms with E-state index < -0.39 is 12.0 Å². The Morgan fingerprint density at radius 3 is 3.13 bits per heavy atom. The van der Waals surface area contributed by atoms with Crippen molar-refractivity contribution in [2.45, 2.75) is 12.5 Å². The molecule has 0 aromatic carbocycles. The van der Waals surface area contributed by atoms with Crippen LogP contribution in [0.15, 0.2) is 30.6 Å². The van der Waals surface area contributed by atoms with Gasteiger partial charge in [-0.1, -0.05) is 6.07 Å². The quantitative estimate of drug-likeness (QED) is 0.776. The number of carboxylic acids is 1. The Hall–Kier alpha value is -1.88. The standard InChI is InChI=1S/C10H11N3O2/c11-8(5-9(14)15)10-12-6-7-3-1-2-4-13(7)10/h1-4,6,8H,5,11H2,(H,14,15). The van der Waals surface area contributed by atoms with Crippen molar-refractivity contribution in [3.63, 3.8) is 0 Å². The number of carbonyl (C=O) groups is 1. The number of rotatable bonds is 3. The zero-order chi connectivity index (χ0) is 10.8. The van der Waals surface area contributed by atoms with E-state index >= 15 is 0 Å². The summed E-state index contributed by atoms with van der Waals surface area (Å²) in [7, 11) is 0. The van der Waals surface area contributed by atoms with Crippen LogP contribution in [-0.2, 0) is 4.79 Å². The molecule has 2 heterocycles. The molecule has 2 aromatic heterocycles. The van der Waals surface area contributed by atoms with E-state index in [9.17, 15) is 4.79 Å². The fourth-order valence-corrected chi connectivity index (χ4v) is 1.52. The van der Waals surface area contributed by atoms with Crippen molar-refractivity contribution in [1.29, 1.82) is 0 Å². The number of hydrogen-bond acceptors (Lipinski definition) is 3. The minimum Gasteiger partial charge on any atom is -0.481 e. The molecule has 0 spiro atoms. The highest BCUT2D eigenvalue weighted by Crippen LogP contribution is 2.14. The van der Waals surface area contributed by atoms with Gasteiger partial charge in [-0.3, -0.25) is 4.79 Å². The van der Waals surface area contributed by atoms with Gasteiger partial charge in [0.15, 0.2) is 0 Å². The predicted molar refractivity (Wildman–Crippen MR) is 54.4 cm³/mol. The van der Waals surface area contributed by atoms with Gasteiger partial charge in [0.25, 0.3) is 0 Å². The van der Waals surface area contributed by atoms with Crippen molar-refractivity contribution in [1.82, 2.24) is 9.38 Å². The van der Waals surface area contributed by atoms with E-state index in [0.29, 0.717) is 5.82 Å². The van der Waals surface area contributed by atoms with Crippen LogP contribution in [0.25, 0.3) is 5.52 Å². The average Bonchev–Trinajstić information content (AvgIpc) is 2.59. The molecule has 0 bridgehead atoms. The highest BCUT2D eigenvalue weighted by atomic mass is 16.4. The summed E-state index contributed by atoms with van der Waals surface area (Å²) in [5.41, 5.74) is 6.65. The van der Waals surface area contributed by atoms with Gasteiger partial charge in [0.1, 0.15) is 5.82 Å². The van der Waals surface area contributed by atoms with Crippen LogP contribution in [0.2, 0.25) is 0 Å². The van der Waals surface area contributed by atoms with E-state index in [2.05, 4.69) is 4.98 Å². The van der Waals surface area contributed by atoms with Crippen LogP contribution in [-0.4, -0.2) is 20.5 Å². The van der Waals surface area contributed by atoms with Gasteiger partial charge in [0, 0.05) is 6.20 Å². The summed E-state index contributed by atoms with van der Waals surface area (Å²) in [6.07, 6.45) is 3.38. The van der Waals surface area contributed by atoms with Crippen molar-refractivity contribution >= 4 is 11.5 Å². The number of nitrogens with zero attached hydrogens (tertiary/aromatic N) is 2. The first-order valence-electron chi connectivity index (χ1n) is 4.58. The second-order valence-corrected chi connectivity index (χ2v) is 3.32. The number of nitrogens with two attached hydrogens (primary N) is 1. The maximum atomic E-state index is 10.5. The van der Waals surface area contributed by atoms with E-state index in [1.807, 2.05) is 24.4 Å². The Balaban J connectivity index is 2.39. The Morgan fingerprint density at radius 1 is 1.60 bits per heavy atom. The lowest BCUT2D eigenvalue weighted by atomic mass is 10.2. The minimum absolute atomic E-state index is 0.117. The third kappa shape index (κ3) is 1.82. The lowest BCUT2D eigenvalue weighted by molar-refractivity contribution is -0.137. The van der Waals surface area contributed by atoms with E-state index in [1.165, 1.54) is 0 Å². The normalized spacial score (nSPS) is 12.9. The minimum atomic E-state index is -0.921. The Kier molecular flexibility index (Phi) is 2.39. The van der Waals surface area contributed by atoms with E-state index in [-0.39, 0.29) is 6.42 Å². The molecular formula is C10H11N3O2. The van der Waals surface area contributed by atoms with E-state index in [0.717, 1.165) is 5.52 Å². The highest BCUT2D eigenvalue weighted by molar-refractivity contribution is 5.67. The number of hydrogen-bond donors (Lipinski definition) is 2. The molecule has 1 unspecified atom stereocenters. The summed E-state index contributed by atoms with van der Waals surface area (Å²) < 4.78 is 1.80. The zero-order valence-corrected chi connectivity index (χ0v) is 8.00. The summed E-state index contributed by atoms with van der Waals surface area (Å²) in [6.45, 7) is 0. The molecule has 78 valence electrons. The Bertz CT molecular complexity index is 492. The molecule has 0 fully saturated rings. The smallest absolute Gasteiger partial charge is 0.305 e. The van der Waals surface area contributed by atoms with Crippen LogP contribution in [0.1, 0.15) is 18.3 Å². The maximum Gasteiger partial charge on any atom is 0.305 e. The maximum absolute atomic E-state index is 10.5. The molecule has 2 rings (SSSR count). The summed E-state index contributed by atoms with van der Waals surface area (Å²) in [5.74, 6) is -0.344. The number of fused-ring (bicyclic) bond motifs is 1. The van der Waals surface area contributed by atoms with Crippen LogP contribution >= 0.6 is 0 Å². The Labute approximate surface area is 86.2 Å². The number of aliphatic carboxylic acids is 1. The van der Waals surface area contributed by atoms with Crippen LogP contribution in [0.4, 0.5) is 0 Å². The SMILES string of the molecule is NC(CC(=O)O)c1ncc2ccccn12. The van der Waals surface area contributed by atoms with Gasteiger partial charge >= 0.3 is 5.97 Å². The van der Waals surface area contributed by atoms with Crippen molar-refractivity contribution in [2.24, 2.45) is 5.73 Å². The molecule has 1 atom stereocenters. The summed E-state index contributed by atoms with van der Waals surface area (Å²) in [6, 6.07) is 5.06. The van der Waals surface area contributed by atoms with Crippen LogP contribution < -0.4 is 5.73 Å². The lowest BCUT2D eigenvalue weighted by Crippen LogP contribution is -2.17. The fourth-order valence-electron chi connectivity index (χ4n) is 1.52. The fraction of sp³-hybridized carbons (Fsp3) is 0.200. The number of pyridine rings is 1. The van der Waals surface area contributed by atoms with Crippen LogP contribution in [0, 0.1) is 0 Å². The molecular weight excluding hydrogens is 194 g/mol. The first-order chi connectivity index (χ1) is 7.18. The molecule has 0 aliphatic carbocycles. The van der Waals surface area contributed by atoms with Crippen molar-refractivity contribution in [3.8, 4) is 0 Å². The molecule has 0 aliphatic rings. The molecule has 5 heteroatoms. The molecule has 0 saturated carbocycles. The molecule has 0 radical (unpaired) electrons. The van der Waals surface area contributed by atoms with Gasteiger partial charge in [-0.15, -0.1) is 0 Å². The van der Waals surface area contributed by atoms with Crippen molar-refractivity contribution < 1.29 is 9.90 Å². The van der Waals surface area contributed by atoms with E-state index in [1.54, 1.807) is 10.6 Å². The number of carboxylic acid groups (broad SMARTS) is 1. The lowest BCUT2D eigenvalue weighted by Gasteiger charge is -2.07. The molecule has 15 heavy (non-hydrogen) atoms. The number of aromatic nitrogens is 2. The molecule has 2 aromatic rings. The monoisotopic (exact) mass is 205 g/mol. The molecule has 0 amide bonds. The summed E-state index contributed by atoms with van der Waals surface area (Å²) >= 11 is 0. The van der Waals surface area contributed by atoms with Crippen molar-refractivity contribution in [3.05, 3.63) is 36.4 Å². The number of imidazole rings is 1. The third-order valence-corrected chi connectivity index (χ3v) is 2.19. The predicted octanol–water partition coefficient (Wildman–Crippen LogP) is 0.809.